The van der Waals surface area contributed by atoms with Gasteiger partial charge >= 0.3 is 6.18 Å². The van der Waals surface area contributed by atoms with E-state index in [1.54, 1.807) is 0 Å². The molecule has 7 heteroatoms. The van der Waals surface area contributed by atoms with Crippen molar-refractivity contribution in [2.24, 2.45) is 0 Å². The average molecular weight is 498 g/mol. The van der Waals surface area contributed by atoms with E-state index in [1.807, 2.05) is 60.7 Å². The Kier molecular flexibility index (Phi) is 6.97. The molecule has 182 valence electrons. The van der Waals surface area contributed by atoms with E-state index >= 15 is 0 Å². The molecule has 1 aliphatic rings. The van der Waals surface area contributed by atoms with Gasteiger partial charge in [-0.05, 0) is 73.8 Å². The SMILES string of the molecule is FC(F)(F)c1ccc(-c2ccc3ccccc3c2Oc2ccc(OCCN3CCCCC3)cc2)s1. The molecule has 0 saturated carbocycles. The number of thiophene rings is 1. The number of rotatable bonds is 7. The number of hydrogen-bond donors (Lipinski definition) is 0. The molecule has 0 unspecified atom stereocenters. The largest absolute Gasteiger partial charge is 0.492 e. The second kappa shape index (κ2) is 10.3. The van der Waals surface area contributed by atoms with Crippen molar-refractivity contribution in [1.82, 2.24) is 4.90 Å². The Morgan fingerprint density at radius 3 is 2.29 bits per heavy atom. The third kappa shape index (κ3) is 5.63. The van der Waals surface area contributed by atoms with Crippen molar-refractivity contribution in [3.05, 3.63) is 77.7 Å². The minimum absolute atomic E-state index is 0.510. The number of fused-ring (bicyclic) bond motifs is 1. The van der Waals surface area contributed by atoms with Gasteiger partial charge in [-0.2, -0.15) is 13.2 Å². The number of benzene rings is 3. The van der Waals surface area contributed by atoms with Crippen molar-refractivity contribution >= 4 is 22.1 Å². The van der Waals surface area contributed by atoms with E-state index in [2.05, 4.69) is 4.90 Å². The molecular formula is C28H26F3NO2S. The van der Waals surface area contributed by atoms with Crippen molar-refractivity contribution in [1.29, 1.82) is 0 Å². The highest BCUT2D eigenvalue weighted by atomic mass is 32.1. The number of likely N-dealkylation sites (tertiary alicyclic amines) is 1. The van der Waals surface area contributed by atoms with Crippen LogP contribution in [0.1, 0.15) is 24.1 Å². The zero-order chi connectivity index (χ0) is 24.3. The Labute approximate surface area is 206 Å². The van der Waals surface area contributed by atoms with E-state index in [0.717, 1.165) is 53.6 Å². The molecule has 0 bridgehead atoms. The first kappa shape index (κ1) is 23.7. The molecule has 1 aromatic heterocycles. The van der Waals surface area contributed by atoms with Gasteiger partial charge in [-0.15, -0.1) is 11.3 Å². The molecule has 35 heavy (non-hydrogen) atoms. The lowest BCUT2D eigenvalue weighted by Gasteiger charge is -2.26. The average Bonchev–Trinajstić information content (AvgIpc) is 3.37. The quantitative estimate of drug-likeness (QED) is 0.257. The minimum Gasteiger partial charge on any atom is -0.492 e. The summed E-state index contributed by atoms with van der Waals surface area (Å²) in [5.74, 6) is 1.90. The molecule has 0 aliphatic carbocycles. The molecule has 0 amide bonds. The molecule has 1 fully saturated rings. The summed E-state index contributed by atoms with van der Waals surface area (Å²) in [5, 5.41) is 1.80. The molecule has 1 aliphatic heterocycles. The summed E-state index contributed by atoms with van der Waals surface area (Å²) in [6.45, 7) is 3.82. The molecule has 0 radical (unpaired) electrons. The molecule has 4 aromatic rings. The van der Waals surface area contributed by atoms with E-state index < -0.39 is 11.1 Å². The zero-order valence-electron chi connectivity index (χ0n) is 19.2. The molecule has 0 spiro atoms. The van der Waals surface area contributed by atoms with E-state index in [1.165, 1.54) is 25.3 Å². The lowest BCUT2D eigenvalue weighted by Crippen LogP contribution is -2.33. The second-order valence-corrected chi connectivity index (χ2v) is 9.73. The summed E-state index contributed by atoms with van der Waals surface area (Å²) in [4.78, 5) is 2.31. The van der Waals surface area contributed by atoms with Gasteiger partial charge in [0.05, 0.1) is 0 Å². The van der Waals surface area contributed by atoms with Crippen LogP contribution >= 0.6 is 11.3 Å². The van der Waals surface area contributed by atoms with Gasteiger partial charge in [0.15, 0.2) is 0 Å². The molecule has 0 N–H and O–H groups in total. The van der Waals surface area contributed by atoms with Crippen LogP contribution in [0.2, 0.25) is 0 Å². The van der Waals surface area contributed by atoms with Crippen LogP contribution in [-0.4, -0.2) is 31.1 Å². The van der Waals surface area contributed by atoms with Crippen LogP contribution in [0.4, 0.5) is 13.2 Å². The maximum atomic E-state index is 13.2. The van der Waals surface area contributed by atoms with Gasteiger partial charge in [0.25, 0.3) is 0 Å². The lowest BCUT2D eigenvalue weighted by atomic mass is 10.0. The standard InChI is InChI=1S/C28H26F3NO2S/c29-28(30,31)26-15-14-25(35-26)24-13-8-20-6-2-3-7-23(20)27(24)34-22-11-9-21(10-12-22)33-19-18-32-16-4-1-5-17-32/h2-3,6-15H,1,4-5,16-19H2. The van der Waals surface area contributed by atoms with E-state index in [0.29, 0.717) is 28.5 Å². The summed E-state index contributed by atoms with van der Waals surface area (Å²) in [6.07, 6.45) is -0.547. The van der Waals surface area contributed by atoms with Gasteiger partial charge in [-0.1, -0.05) is 36.8 Å². The predicted molar refractivity (Wildman–Crippen MR) is 135 cm³/mol. The smallest absolute Gasteiger partial charge is 0.425 e. The predicted octanol–water partition coefficient (Wildman–Crippen LogP) is 8.24. The third-order valence-corrected chi connectivity index (χ3v) is 7.36. The summed E-state index contributed by atoms with van der Waals surface area (Å²) >= 11 is 0.720. The fourth-order valence-electron chi connectivity index (χ4n) is 4.38. The van der Waals surface area contributed by atoms with Crippen molar-refractivity contribution in [2.45, 2.75) is 25.4 Å². The molecule has 0 atom stereocenters. The molecular weight excluding hydrogens is 471 g/mol. The molecule has 3 nitrogen and oxygen atoms in total. The van der Waals surface area contributed by atoms with Crippen molar-refractivity contribution in [3.63, 3.8) is 0 Å². The highest BCUT2D eigenvalue weighted by Crippen LogP contribution is 2.44. The summed E-state index contributed by atoms with van der Waals surface area (Å²) in [5.41, 5.74) is 0.631. The Morgan fingerprint density at radius 1 is 0.800 bits per heavy atom. The van der Waals surface area contributed by atoms with Crippen LogP contribution in [0.25, 0.3) is 21.2 Å². The fraction of sp³-hybridized carbons (Fsp3) is 0.286. The van der Waals surface area contributed by atoms with Crippen LogP contribution in [0.5, 0.6) is 17.2 Å². The van der Waals surface area contributed by atoms with E-state index in [-0.39, 0.29) is 0 Å². The Balaban J connectivity index is 1.36. The normalized spacial score (nSPS) is 14.8. The van der Waals surface area contributed by atoms with Crippen molar-refractivity contribution < 1.29 is 22.6 Å². The number of piperidine rings is 1. The number of hydrogen-bond acceptors (Lipinski definition) is 4. The first-order chi connectivity index (χ1) is 17.0. The minimum atomic E-state index is -4.37. The van der Waals surface area contributed by atoms with Gasteiger partial charge in [0.2, 0.25) is 0 Å². The Morgan fingerprint density at radius 2 is 1.54 bits per heavy atom. The van der Waals surface area contributed by atoms with E-state index in [4.69, 9.17) is 9.47 Å². The number of alkyl halides is 3. The summed E-state index contributed by atoms with van der Waals surface area (Å²) in [7, 11) is 0. The lowest BCUT2D eigenvalue weighted by molar-refractivity contribution is -0.134. The van der Waals surface area contributed by atoms with Gasteiger partial charge in [0, 0.05) is 22.4 Å². The van der Waals surface area contributed by atoms with E-state index in [9.17, 15) is 13.2 Å². The van der Waals surface area contributed by atoms with Gasteiger partial charge in [0.1, 0.15) is 28.7 Å². The van der Waals surface area contributed by atoms with Crippen LogP contribution in [0.3, 0.4) is 0 Å². The first-order valence-corrected chi connectivity index (χ1v) is 12.6. The topological polar surface area (TPSA) is 21.7 Å². The van der Waals surface area contributed by atoms with Crippen LogP contribution in [-0.2, 0) is 6.18 Å². The zero-order valence-corrected chi connectivity index (χ0v) is 20.0. The van der Waals surface area contributed by atoms with Crippen molar-refractivity contribution in [2.75, 3.05) is 26.2 Å². The summed E-state index contributed by atoms with van der Waals surface area (Å²) < 4.78 is 51.8. The molecule has 2 heterocycles. The van der Waals surface area contributed by atoms with Gasteiger partial charge in [-0.3, -0.25) is 4.90 Å². The van der Waals surface area contributed by atoms with Crippen LogP contribution < -0.4 is 9.47 Å². The molecule has 3 aromatic carbocycles. The number of ether oxygens (including phenoxy) is 2. The van der Waals surface area contributed by atoms with Crippen molar-refractivity contribution in [3.8, 4) is 27.7 Å². The monoisotopic (exact) mass is 497 g/mol. The Hall–Kier alpha value is -3.03. The Bertz CT molecular complexity index is 1280. The maximum absolute atomic E-state index is 13.2. The number of nitrogens with zero attached hydrogens (tertiary/aromatic N) is 1. The maximum Gasteiger partial charge on any atom is 0.425 e. The third-order valence-electron chi connectivity index (χ3n) is 6.20. The van der Waals surface area contributed by atoms with Crippen LogP contribution in [0.15, 0.2) is 72.8 Å². The highest BCUT2D eigenvalue weighted by Gasteiger charge is 2.32. The van der Waals surface area contributed by atoms with Gasteiger partial charge < -0.3 is 9.47 Å². The number of halogens is 3. The highest BCUT2D eigenvalue weighted by molar-refractivity contribution is 7.15. The first-order valence-electron chi connectivity index (χ1n) is 11.8. The second-order valence-electron chi connectivity index (χ2n) is 8.65. The fourth-order valence-corrected chi connectivity index (χ4v) is 5.27. The molecule has 1 saturated heterocycles. The van der Waals surface area contributed by atoms with Crippen LogP contribution in [0, 0.1) is 0 Å². The molecule has 5 rings (SSSR count). The van der Waals surface area contributed by atoms with Gasteiger partial charge in [-0.25, -0.2) is 0 Å². The summed E-state index contributed by atoms with van der Waals surface area (Å²) in [6, 6.07) is 21.4.